The maximum Gasteiger partial charge on any atom is 0.341 e. The molecule has 2 heterocycles. The van der Waals surface area contributed by atoms with Gasteiger partial charge in [0.25, 0.3) is 0 Å². The molecular formula is C13H20N4O2. The maximum atomic E-state index is 11.0. The van der Waals surface area contributed by atoms with Crippen molar-refractivity contribution in [1.82, 2.24) is 14.9 Å². The number of piperidine rings is 1. The van der Waals surface area contributed by atoms with Crippen LogP contribution >= 0.6 is 0 Å². The van der Waals surface area contributed by atoms with E-state index in [0.29, 0.717) is 11.7 Å². The molecule has 1 aromatic heterocycles. The Labute approximate surface area is 112 Å². The molecule has 0 aromatic carbocycles. The van der Waals surface area contributed by atoms with Crippen molar-refractivity contribution in [2.24, 2.45) is 5.92 Å². The Morgan fingerprint density at radius 2 is 2.47 bits per heavy atom. The van der Waals surface area contributed by atoms with Crippen LogP contribution in [-0.4, -0.2) is 52.6 Å². The standard InChI is InChI=1S/C13H20N4O2/c1-17-6-2-3-10(8-17)4-5-15-12-11(13(18)19)7-14-9-16-12/h7,9-10H,2-6,8H2,1H3,(H,18,19)(H,14,15,16). The van der Waals surface area contributed by atoms with Crippen molar-refractivity contribution in [2.45, 2.75) is 19.3 Å². The highest BCUT2D eigenvalue weighted by Gasteiger charge is 2.17. The molecule has 6 heteroatoms. The molecule has 1 unspecified atom stereocenters. The molecule has 2 N–H and O–H groups in total. The van der Waals surface area contributed by atoms with Crippen molar-refractivity contribution in [2.75, 3.05) is 32.0 Å². The summed E-state index contributed by atoms with van der Waals surface area (Å²) in [5.74, 6) is 0.0912. The van der Waals surface area contributed by atoms with Gasteiger partial charge >= 0.3 is 5.97 Å². The number of carbonyl (C=O) groups is 1. The minimum atomic E-state index is -1.000. The van der Waals surface area contributed by atoms with Gasteiger partial charge in [-0.05, 0) is 38.8 Å². The molecule has 0 radical (unpaired) electrons. The van der Waals surface area contributed by atoms with Crippen LogP contribution in [0.5, 0.6) is 0 Å². The number of carboxylic acid groups (broad SMARTS) is 1. The lowest BCUT2D eigenvalue weighted by Crippen LogP contribution is -2.32. The Hall–Kier alpha value is -1.69. The first kappa shape index (κ1) is 13.7. The molecule has 19 heavy (non-hydrogen) atoms. The van der Waals surface area contributed by atoms with Crippen LogP contribution in [-0.2, 0) is 0 Å². The summed E-state index contributed by atoms with van der Waals surface area (Å²) in [4.78, 5) is 21.1. The lowest BCUT2D eigenvalue weighted by molar-refractivity contribution is 0.0697. The molecule has 0 spiro atoms. The number of carboxylic acids is 1. The van der Waals surface area contributed by atoms with E-state index in [1.165, 1.54) is 31.9 Å². The molecule has 1 aliphatic heterocycles. The molecule has 6 nitrogen and oxygen atoms in total. The van der Waals surface area contributed by atoms with Crippen molar-refractivity contribution in [1.29, 1.82) is 0 Å². The molecule has 1 fully saturated rings. The molecule has 1 aliphatic rings. The summed E-state index contributed by atoms with van der Waals surface area (Å²) >= 11 is 0. The third-order valence-electron chi connectivity index (χ3n) is 3.51. The number of nitrogens with zero attached hydrogens (tertiary/aromatic N) is 3. The second kappa shape index (κ2) is 6.47. The van der Waals surface area contributed by atoms with E-state index in [1.54, 1.807) is 0 Å². The largest absolute Gasteiger partial charge is 0.477 e. The van der Waals surface area contributed by atoms with Gasteiger partial charge in [0.05, 0.1) is 0 Å². The number of aromatic carboxylic acids is 1. The Kier molecular flexibility index (Phi) is 4.68. The van der Waals surface area contributed by atoms with E-state index < -0.39 is 5.97 Å². The molecule has 0 saturated carbocycles. The summed E-state index contributed by atoms with van der Waals surface area (Å²) in [6, 6.07) is 0. The minimum absolute atomic E-state index is 0.128. The normalized spacial score (nSPS) is 20.2. The lowest BCUT2D eigenvalue weighted by Gasteiger charge is -2.29. The third kappa shape index (κ3) is 3.89. The zero-order valence-electron chi connectivity index (χ0n) is 11.2. The van der Waals surface area contributed by atoms with Gasteiger partial charge in [-0.3, -0.25) is 0 Å². The molecular weight excluding hydrogens is 244 g/mol. The van der Waals surface area contributed by atoms with Gasteiger partial charge < -0.3 is 15.3 Å². The highest BCUT2D eigenvalue weighted by atomic mass is 16.4. The zero-order chi connectivity index (χ0) is 13.7. The second-order valence-electron chi connectivity index (χ2n) is 5.08. The smallest absolute Gasteiger partial charge is 0.341 e. The van der Waals surface area contributed by atoms with Gasteiger partial charge in [0.2, 0.25) is 0 Å². The van der Waals surface area contributed by atoms with Crippen LogP contribution in [0.15, 0.2) is 12.5 Å². The predicted molar refractivity (Wildman–Crippen MR) is 72.3 cm³/mol. The first-order chi connectivity index (χ1) is 9.16. The van der Waals surface area contributed by atoms with E-state index in [2.05, 4.69) is 27.2 Å². The average Bonchev–Trinajstić information content (AvgIpc) is 2.39. The van der Waals surface area contributed by atoms with E-state index >= 15 is 0 Å². The number of likely N-dealkylation sites (tertiary alicyclic amines) is 1. The number of rotatable bonds is 5. The van der Waals surface area contributed by atoms with Crippen LogP contribution in [0, 0.1) is 5.92 Å². The van der Waals surface area contributed by atoms with Gasteiger partial charge in [-0.25, -0.2) is 14.8 Å². The third-order valence-corrected chi connectivity index (χ3v) is 3.51. The van der Waals surface area contributed by atoms with Crippen LogP contribution in [0.4, 0.5) is 5.82 Å². The molecule has 1 aromatic rings. The summed E-state index contributed by atoms with van der Waals surface area (Å²) in [5, 5.41) is 12.1. The van der Waals surface area contributed by atoms with Crippen molar-refractivity contribution in [3.63, 3.8) is 0 Å². The summed E-state index contributed by atoms with van der Waals surface area (Å²) in [7, 11) is 2.15. The zero-order valence-corrected chi connectivity index (χ0v) is 11.2. The fraction of sp³-hybridized carbons (Fsp3) is 0.615. The predicted octanol–water partition coefficient (Wildman–Crippen LogP) is 1.32. The summed E-state index contributed by atoms with van der Waals surface area (Å²) in [6.07, 6.45) is 6.22. The fourth-order valence-corrected chi connectivity index (χ4v) is 2.53. The van der Waals surface area contributed by atoms with Gasteiger partial charge in [0.1, 0.15) is 17.7 Å². The van der Waals surface area contributed by atoms with E-state index in [4.69, 9.17) is 5.11 Å². The Morgan fingerprint density at radius 1 is 1.63 bits per heavy atom. The van der Waals surface area contributed by atoms with Gasteiger partial charge in [-0.2, -0.15) is 0 Å². The molecule has 0 aliphatic carbocycles. The number of aromatic nitrogens is 2. The summed E-state index contributed by atoms with van der Waals surface area (Å²) in [6.45, 7) is 3.05. The SMILES string of the molecule is CN1CCCC(CCNc2ncncc2C(=O)O)C1. The van der Waals surface area contributed by atoms with Gasteiger partial charge in [0, 0.05) is 19.3 Å². The number of hydrogen-bond donors (Lipinski definition) is 2. The van der Waals surface area contributed by atoms with Crippen molar-refractivity contribution in [3.8, 4) is 0 Å². The lowest BCUT2D eigenvalue weighted by atomic mass is 9.95. The molecule has 0 bridgehead atoms. The van der Waals surface area contributed by atoms with E-state index in [9.17, 15) is 4.79 Å². The second-order valence-corrected chi connectivity index (χ2v) is 5.08. The molecule has 1 saturated heterocycles. The fourth-order valence-electron chi connectivity index (χ4n) is 2.53. The van der Waals surface area contributed by atoms with Crippen LogP contribution in [0.2, 0.25) is 0 Å². The van der Waals surface area contributed by atoms with Crippen molar-refractivity contribution >= 4 is 11.8 Å². The highest BCUT2D eigenvalue weighted by Crippen LogP contribution is 2.18. The van der Waals surface area contributed by atoms with E-state index in [-0.39, 0.29) is 5.56 Å². The van der Waals surface area contributed by atoms with Crippen LogP contribution in [0.25, 0.3) is 0 Å². The van der Waals surface area contributed by atoms with E-state index in [0.717, 1.165) is 19.5 Å². The highest BCUT2D eigenvalue weighted by molar-refractivity contribution is 5.92. The first-order valence-electron chi connectivity index (χ1n) is 6.62. The topological polar surface area (TPSA) is 78.3 Å². The Morgan fingerprint density at radius 3 is 3.21 bits per heavy atom. The number of anilines is 1. The Balaban J connectivity index is 1.84. The summed E-state index contributed by atoms with van der Waals surface area (Å²) in [5.41, 5.74) is 0.128. The molecule has 104 valence electrons. The van der Waals surface area contributed by atoms with Crippen LogP contribution in [0.1, 0.15) is 29.6 Å². The van der Waals surface area contributed by atoms with Crippen LogP contribution in [0.3, 0.4) is 0 Å². The number of nitrogens with one attached hydrogen (secondary N) is 1. The van der Waals surface area contributed by atoms with Gasteiger partial charge in [0.15, 0.2) is 0 Å². The monoisotopic (exact) mass is 264 g/mol. The molecule has 0 amide bonds. The number of hydrogen-bond acceptors (Lipinski definition) is 5. The van der Waals surface area contributed by atoms with Crippen molar-refractivity contribution < 1.29 is 9.90 Å². The first-order valence-corrected chi connectivity index (χ1v) is 6.62. The quantitative estimate of drug-likeness (QED) is 0.835. The van der Waals surface area contributed by atoms with Gasteiger partial charge in [-0.1, -0.05) is 0 Å². The molecule has 1 atom stereocenters. The van der Waals surface area contributed by atoms with E-state index in [1.807, 2.05) is 0 Å². The van der Waals surface area contributed by atoms with Gasteiger partial charge in [-0.15, -0.1) is 0 Å². The summed E-state index contributed by atoms with van der Waals surface area (Å²) < 4.78 is 0. The average molecular weight is 264 g/mol. The van der Waals surface area contributed by atoms with Crippen LogP contribution < -0.4 is 5.32 Å². The maximum absolute atomic E-state index is 11.0. The molecule has 2 rings (SSSR count). The van der Waals surface area contributed by atoms with Crippen molar-refractivity contribution in [3.05, 3.63) is 18.1 Å². The Bertz CT molecular complexity index is 438. The minimum Gasteiger partial charge on any atom is -0.477 e.